The molecule has 0 N–H and O–H groups in total. The SMILES string of the molecule is [Ir].[c-]1ccc(N(c2ccccc2)c2ccccc2)cc1-n1cccn1. The molecule has 0 aliphatic rings. The summed E-state index contributed by atoms with van der Waals surface area (Å²) in [5.41, 5.74) is 4.20. The second-order valence-electron chi connectivity index (χ2n) is 5.39. The molecule has 3 nitrogen and oxygen atoms in total. The Balaban J connectivity index is 0.00000182. The van der Waals surface area contributed by atoms with Crippen molar-refractivity contribution in [3.63, 3.8) is 0 Å². The van der Waals surface area contributed by atoms with E-state index >= 15 is 0 Å². The molecule has 1 radical (unpaired) electrons. The summed E-state index contributed by atoms with van der Waals surface area (Å²) in [6.07, 6.45) is 3.69. The van der Waals surface area contributed by atoms with Gasteiger partial charge in [-0.2, -0.15) is 17.2 Å². The van der Waals surface area contributed by atoms with Gasteiger partial charge in [0.05, 0.1) is 0 Å². The van der Waals surface area contributed by atoms with E-state index in [1.165, 1.54) is 0 Å². The van der Waals surface area contributed by atoms with Crippen LogP contribution in [0.5, 0.6) is 0 Å². The minimum Gasteiger partial charge on any atom is -0.334 e. The van der Waals surface area contributed by atoms with Gasteiger partial charge in [0.1, 0.15) is 0 Å². The Morgan fingerprint density at radius 2 is 1.40 bits per heavy atom. The topological polar surface area (TPSA) is 21.1 Å². The van der Waals surface area contributed by atoms with Crippen molar-refractivity contribution in [3.8, 4) is 5.69 Å². The van der Waals surface area contributed by atoms with Crippen LogP contribution in [-0.4, -0.2) is 9.78 Å². The van der Waals surface area contributed by atoms with Gasteiger partial charge >= 0.3 is 0 Å². The van der Waals surface area contributed by atoms with E-state index in [4.69, 9.17) is 0 Å². The average Bonchev–Trinajstić information content (AvgIpc) is 3.19. The van der Waals surface area contributed by atoms with Gasteiger partial charge in [0.25, 0.3) is 0 Å². The summed E-state index contributed by atoms with van der Waals surface area (Å²) in [6, 6.07) is 31.9. The fourth-order valence-corrected chi connectivity index (χ4v) is 2.73. The number of para-hydroxylation sites is 2. The van der Waals surface area contributed by atoms with Crippen molar-refractivity contribution in [2.24, 2.45) is 0 Å². The molecule has 4 rings (SSSR count). The summed E-state index contributed by atoms with van der Waals surface area (Å²) < 4.78 is 1.82. The maximum absolute atomic E-state index is 4.30. The molecular weight excluding hydrogens is 486 g/mol. The van der Waals surface area contributed by atoms with Crippen molar-refractivity contribution < 1.29 is 20.1 Å². The van der Waals surface area contributed by atoms with E-state index in [0.29, 0.717) is 0 Å². The maximum Gasteiger partial charge on any atom is 0.0493 e. The minimum atomic E-state index is 0. The molecule has 0 unspecified atom stereocenters. The second-order valence-corrected chi connectivity index (χ2v) is 5.39. The zero-order chi connectivity index (χ0) is 16.2. The fourth-order valence-electron chi connectivity index (χ4n) is 2.73. The molecule has 0 aliphatic heterocycles. The van der Waals surface area contributed by atoms with Crippen LogP contribution in [0.3, 0.4) is 0 Å². The van der Waals surface area contributed by atoms with Crippen LogP contribution in [0.2, 0.25) is 0 Å². The third-order valence-corrected chi connectivity index (χ3v) is 3.81. The van der Waals surface area contributed by atoms with E-state index in [1.807, 2.05) is 35.1 Å². The van der Waals surface area contributed by atoms with Gasteiger partial charge in [0, 0.05) is 43.9 Å². The first-order valence-corrected chi connectivity index (χ1v) is 7.84. The normalized spacial score (nSPS) is 10.1. The molecule has 0 bridgehead atoms. The van der Waals surface area contributed by atoms with Gasteiger partial charge in [0.15, 0.2) is 0 Å². The van der Waals surface area contributed by atoms with Crippen LogP contribution in [0.4, 0.5) is 17.1 Å². The Labute approximate surface area is 160 Å². The van der Waals surface area contributed by atoms with Crippen molar-refractivity contribution in [2.45, 2.75) is 0 Å². The van der Waals surface area contributed by atoms with E-state index in [9.17, 15) is 0 Å². The largest absolute Gasteiger partial charge is 0.334 e. The van der Waals surface area contributed by atoms with Crippen LogP contribution in [0.25, 0.3) is 5.69 Å². The zero-order valence-corrected chi connectivity index (χ0v) is 15.8. The molecule has 0 spiro atoms. The van der Waals surface area contributed by atoms with Gasteiger partial charge in [-0.25, -0.2) is 0 Å². The molecule has 0 fully saturated rings. The van der Waals surface area contributed by atoms with Gasteiger partial charge in [-0.05, 0) is 36.0 Å². The third-order valence-electron chi connectivity index (χ3n) is 3.81. The summed E-state index contributed by atoms with van der Waals surface area (Å²) in [7, 11) is 0. The number of anilines is 3. The van der Waals surface area contributed by atoms with Crippen LogP contribution in [-0.2, 0) is 20.1 Å². The Hall–Kier alpha value is -2.68. The van der Waals surface area contributed by atoms with Crippen LogP contribution in [0, 0.1) is 6.07 Å². The van der Waals surface area contributed by atoms with Crippen LogP contribution in [0.1, 0.15) is 0 Å². The number of hydrogen-bond donors (Lipinski definition) is 0. The molecule has 4 aromatic rings. The monoisotopic (exact) mass is 503 g/mol. The molecule has 0 saturated carbocycles. The van der Waals surface area contributed by atoms with Gasteiger partial charge in [-0.15, -0.1) is 12.1 Å². The molecule has 1 heterocycles. The van der Waals surface area contributed by atoms with Gasteiger partial charge in [-0.3, -0.25) is 4.68 Å². The molecule has 0 saturated heterocycles. The molecule has 125 valence electrons. The first-order chi connectivity index (χ1) is 11.9. The van der Waals surface area contributed by atoms with Crippen molar-refractivity contribution in [2.75, 3.05) is 4.90 Å². The predicted octanol–water partition coefficient (Wildman–Crippen LogP) is 5.14. The van der Waals surface area contributed by atoms with Crippen molar-refractivity contribution in [1.82, 2.24) is 9.78 Å². The molecule has 0 aliphatic carbocycles. The summed E-state index contributed by atoms with van der Waals surface area (Å²) in [4.78, 5) is 2.22. The molecule has 0 amide bonds. The second kappa shape index (κ2) is 7.93. The van der Waals surface area contributed by atoms with Crippen LogP contribution >= 0.6 is 0 Å². The molecule has 3 aromatic carbocycles. The number of aromatic nitrogens is 2. The Bertz CT molecular complexity index is 867. The zero-order valence-electron chi connectivity index (χ0n) is 13.4. The first-order valence-electron chi connectivity index (χ1n) is 7.84. The standard InChI is InChI=1S/C21H16N3.Ir/c1-3-9-18(10-4-1)24(19-11-5-2-6-12-19)21-14-7-13-20(17-21)23-16-8-15-22-23;/h1-12,14-17H;/q-1;. The number of benzene rings is 3. The predicted molar refractivity (Wildman–Crippen MR) is 97.1 cm³/mol. The summed E-state index contributed by atoms with van der Waals surface area (Å²) in [6.45, 7) is 0. The van der Waals surface area contributed by atoms with Crippen molar-refractivity contribution in [3.05, 3.63) is 103 Å². The van der Waals surface area contributed by atoms with E-state index < -0.39 is 0 Å². The number of hydrogen-bond acceptors (Lipinski definition) is 2. The average molecular weight is 503 g/mol. The van der Waals surface area contributed by atoms with Gasteiger partial charge in [-0.1, -0.05) is 42.1 Å². The maximum atomic E-state index is 4.30. The molecule has 0 atom stereocenters. The van der Waals surface area contributed by atoms with Gasteiger partial charge in [0.2, 0.25) is 0 Å². The molecule has 25 heavy (non-hydrogen) atoms. The quantitative estimate of drug-likeness (QED) is 0.361. The Kier molecular flexibility index (Phi) is 5.44. The summed E-state index contributed by atoms with van der Waals surface area (Å²) in [5.74, 6) is 0. The van der Waals surface area contributed by atoms with E-state index in [-0.39, 0.29) is 20.1 Å². The van der Waals surface area contributed by atoms with Gasteiger partial charge < -0.3 is 4.90 Å². The number of nitrogens with zero attached hydrogens (tertiary/aromatic N) is 3. The summed E-state index contributed by atoms with van der Waals surface area (Å²) in [5, 5.41) is 4.30. The Morgan fingerprint density at radius 3 is 1.96 bits per heavy atom. The fraction of sp³-hybridized carbons (Fsp3) is 0. The number of rotatable bonds is 4. The molecule has 4 heteroatoms. The minimum absolute atomic E-state index is 0. The molecular formula is C21H16IrN3-. The Morgan fingerprint density at radius 1 is 0.760 bits per heavy atom. The van der Waals surface area contributed by atoms with Crippen molar-refractivity contribution in [1.29, 1.82) is 0 Å². The van der Waals surface area contributed by atoms with Crippen molar-refractivity contribution >= 4 is 17.1 Å². The molecule has 1 aromatic heterocycles. The van der Waals surface area contributed by atoms with E-state index in [0.717, 1.165) is 22.7 Å². The van der Waals surface area contributed by atoms with E-state index in [2.05, 4.69) is 76.7 Å². The smallest absolute Gasteiger partial charge is 0.0493 e. The summed E-state index contributed by atoms with van der Waals surface area (Å²) >= 11 is 0. The third kappa shape index (κ3) is 3.71. The van der Waals surface area contributed by atoms with E-state index in [1.54, 1.807) is 6.20 Å². The van der Waals surface area contributed by atoms with Crippen LogP contribution < -0.4 is 4.90 Å². The first kappa shape index (κ1) is 17.2. The van der Waals surface area contributed by atoms with Crippen LogP contribution in [0.15, 0.2) is 97.3 Å².